The van der Waals surface area contributed by atoms with Crippen LogP contribution in [0.2, 0.25) is 0 Å². The largest absolute Gasteiger partial charge is 0.389 e. The summed E-state index contributed by atoms with van der Waals surface area (Å²) in [6.07, 6.45) is 1.62. The first kappa shape index (κ1) is 14.7. The van der Waals surface area contributed by atoms with Crippen molar-refractivity contribution >= 4 is 21.0 Å². The molecule has 0 unspecified atom stereocenters. The molecule has 4 nitrogen and oxygen atoms in total. The third kappa shape index (κ3) is 2.90. The molecule has 20 heavy (non-hydrogen) atoms. The maximum absolute atomic E-state index is 13.8. The number of halogens is 1. The number of hydrogen-bond acceptors (Lipinski definition) is 4. The van der Waals surface area contributed by atoms with Gasteiger partial charge in [-0.2, -0.15) is 0 Å². The molecule has 108 valence electrons. The summed E-state index contributed by atoms with van der Waals surface area (Å²) in [7, 11) is -3.70. The fourth-order valence-corrected chi connectivity index (χ4v) is 3.53. The monoisotopic (exact) mass is 297 g/mol. The third-order valence-electron chi connectivity index (χ3n) is 3.04. The highest BCUT2D eigenvalue weighted by Gasteiger charge is 2.36. The van der Waals surface area contributed by atoms with E-state index in [0.717, 1.165) is 0 Å². The fraction of sp³-hybridized carbons (Fsp3) is 0.357. The van der Waals surface area contributed by atoms with Crippen LogP contribution in [-0.2, 0) is 20.4 Å². The summed E-state index contributed by atoms with van der Waals surface area (Å²) in [5.74, 6) is -1.01. The molecule has 0 amide bonds. The summed E-state index contributed by atoms with van der Waals surface area (Å²) < 4.78 is 38.4. The molecule has 6 heteroatoms. The molecule has 0 aromatic heterocycles. The fourth-order valence-electron chi connectivity index (χ4n) is 1.96. The van der Waals surface area contributed by atoms with Crippen LogP contribution in [0.3, 0.4) is 0 Å². The summed E-state index contributed by atoms with van der Waals surface area (Å²) in [5, 5.41) is 3.58. The predicted molar refractivity (Wildman–Crippen MR) is 76.3 cm³/mol. The highest BCUT2D eigenvalue weighted by Crippen LogP contribution is 2.27. The lowest BCUT2D eigenvalue weighted by Gasteiger charge is -2.13. The average Bonchev–Trinajstić information content (AvgIpc) is 2.73. The van der Waals surface area contributed by atoms with E-state index in [4.69, 9.17) is 4.84 Å². The highest BCUT2D eigenvalue weighted by molar-refractivity contribution is 8.05. The Morgan fingerprint density at radius 1 is 1.50 bits per heavy atom. The van der Waals surface area contributed by atoms with Gasteiger partial charge in [0.1, 0.15) is 11.4 Å². The van der Waals surface area contributed by atoms with E-state index in [9.17, 15) is 12.8 Å². The van der Waals surface area contributed by atoms with E-state index in [1.807, 2.05) is 0 Å². The van der Waals surface area contributed by atoms with Crippen molar-refractivity contribution in [1.29, 1.82) is 0 Å². The van der Waals surface area contributed by atoms with Crippen molar-refractivity contribution in [2.45, 2.75) is 31.6 Å². The highest BCUT2D eigenvalue weighted by atomic mass is 32.2. The van der Waals surface area contributed by atoms with Crippen molar-refractivity contribution in [3.63, 3.8) is 0 Å². The molecule has 1 aromatic rings. The van der Waals surface area contributed by atoms with Gasteiger partial charge in [0, 0.05) is 12.0 Å². The van der Waals surface area contributed by atoms with E-state index in [1.165, 1.54) is 18.2 Å². The van der Waals surface area contributed by atoms with E-state index in [-0.39, 0.29) is 17.0 Å². The van der Waals surface area contributed by atoms with Crippen molar-refractivity contribution in [2.24, 2.45) is 5.16 Å². The first-order chi connectivity index (χ1) is 9.25. The Balaban J connectivity index is 2.33. The standard InChI is InChI=1S/C14H16FNO3S/c1-4-10-6-5-7-12(15)11(10)9-20(17,18)13-8-14(2,3)19-16-13/h4-7H,1,8-9H2,2-3H3. The van der Waals surface area contributed by atoms with Gasteiger partial charge in [-0.25, -0.2) is 12.8 Å². The summed E-state index contributed by atoms with van der Waals surface area (Å²) in [5.41, 5.74) is -0.0684. The number of sulfone groups is 1. The van der Waals surface area contributed by atoms with Crippen LogP contribution < -0.4 is 0 Å². The summed E-state index contributed by atoms with van der Waals surface area (Å²) in [6.45, 7) is 7.06. The smallest absolute Gasteiger partial charge is 0.199 e. The summed E-state index contributed by atoms with van der Waals surface area (Å²) in [6, 6.07) is 4.37. The molecule has 0 radical (unpaired) electrons. The Morgan fingerprint density at radius 2 is 2.20 bits per heavy atom. The molecule has 1 heterocycles. The van der Waals surface area contributed by atoms with E-state index >= 15 is 0 Å². The zero-order valence-corrected chi connectivity index (χ0v) is 12.2. The van der Waals surface area contributed by atoms with E-state index < -0.39 is 27.0 Å². The molecule has 0 saturated heterocycles. The van der Waals surface area contributed by atoms with Gasteiger partial charge in [0.05, 0.1) is 5.75 Å². The molecule has 1 aromatic carbocycles. The van der Waals surface area contributed by atoms with Crippen molar-refractivity contribution in [2.75, 3.05) is 0 Å². The van der Waals surface area contributed by atoms with Crippen molar-refractivity contribution < 1.29 is 17.6 Å². The zero-order chi connectivity index (χ0) is 15.0. The quantitative estimate of drug-likeness (QED) is 0.862. The van der Waals surface area contributed by atoms with Gasteiger partial charge in [0.25, 0.3) is 0 Å². The number of nitrogens with zero attached hydrogens (tertiary/aromatic N) is 1. The first-order valence-electron chi connectivity index (χ1n) is 6.13. The van der Waals surface area contributed by atoms with Gasteiger partial charge in [-0.3, -0.25) is 0 Å². The van der Waals surface area contributed by atoms with Crippen LogP contribution in [0.15, 0.2) is 29.9 Å². The van der Waals surface area contributed by atoms with Gasteiger partial charge in [-0.05, 0) is 25.5 Å². The van der Waals surface area contributed by atoms with Gasteiger partial charge in [0.15, 0.2) is 14.9 Å². The first-order valence-corrected chi connectivity index (χ1v) is 7.78. The lowest BCUT2D eigenvalue weighted by molar-refractivity contribution is 0.0123. The van der Waals surface area contributed by atoms with Crippen molar-refractivity contribution in [1.82, 2.24) is 0 Å². The van der Waals surface area contributed by atoms with Crippen LogP contribution in [0.25, 0.3) is 6.08 Å². The van der Waals surface area contributed by atoms with Crippen LogP contribution in [-0.4, -0.2) is 19.1 Å². The Labute approximate surface area is 117 Å². The van der Waals surface area contributed by atoms with Gasteiger partial charge < -0.3 is 4.84 Å². The second-order valence-electron chi connectivity index (χ2n) is 5.28. The molecule has 2 rings (SSSR count). The van der Waals surface area contributed by atoms with Crippen LogP contribution in [0.4, 0.5) is 4.39 Å². The minimum atomic E-state index is -3.70. The predicted octanol–water partition coefficient (Wildman–Crippen LogP) is 2.90. The van der Waals surface area contributed by atoms with Gasteiger partial charge in [0.2, 0.25) is 0 Å². The Morgan fingerprint density at radius 3 is 2.75 bits per heavy atom. The van der Waals surface area contributed by atoms with Gasteiger partial charge in [-0.1, -0.05) is 29.9 Å². The zero-order valence-electron chi connectivity index (χ0n) is 11.4. The van der Waals surface area contributed by atoms with Gasteiger partial charge >= 0.3 is 0 Å². The third-order valence-corrected chi connectivity index (χ3v) is 4.65. The number of hydrogen-bond donors (Lipinski definition) is 0. The maximum atomic E-state index is 13.8. The molecule has 0 atom stereocenters. The van der Waals surface area contributed by atoms with Crippen LogP contribution in [0.5, 0.6) is 0 Å². The summed E-state index contributed by atoms with van der Waals surface area (Å²) in [4.78, 5) is 5.06. The van der Waals surface area contributed by atoms with E-state index in [0.29, 0.717) is 5.56 Å². The Hall–Kier alpha value is -1.69. The molecule has 0 spiro atoms. The second-order valence-corrected chi connectivity index (χ2v) is 7.27. The molecule has 0 aliphatic carbocycles. The molecule has 0 saturated carbocycles. The lowest BCUT2D eigenvalue weighted by atomic mass is 10.1. The van der Waals surface area contributed by atoms with Crippen LogP contribution in [0, 0.1) is 5.82 Å². The number of benzene rings is 1. The van der Waals surface area contributed by atoms with E-state index in [1.54, 1.807) is 19.9 Å². The molecule has 0 fully saturated rings. The Kier molecular flexibility index (Phi) is 3.69. The molecule has 1 aliphatic rings. The molecule has 0 bridgehead atoms. The number of rotatable bonds is 3. The minimum Gasteiger partial charge on any atom is -0.389 e. The molecule has 0 N–H and O–H groups in total. The molecular formula is C14H16FNO3S. The number of oxime groups is 1. The minimum absolute atomic E-state index is 0.0410. The lowest BCUT2D eigenvalue weighted by Crippen LogP contribution is -2.23. The maximum Gasteiger partial charge on any atom is 0.199 e. The SMILES string of the molecule is C=Cc1cccc(F)c1CS(=O)(=O)C1=NOC(C)(C)C1. The normalized spacial score (nSPS) is 17.4. The van der Waals surface area contributed by atoms with Crippen molar-refractivity contribution in [3.05, 3.63) is 41.7 Å². The topological polar surface area (TPSA) is 55.7 Å². The van der Waals surface area contributed by atoms with Crippen molar-refractivity contribution in [3.8, 4) is 0 Å². The Bertz CT molecular complexity index is 678. The second kappa shape index (κ2) is 5.01. The summed E-state index contributed by atoms with van der Waals surface area (Å²) >= 11 is 0. The van der Waals surface area contributed by atoms with Gasteiger partial charge in [-0.15, -0.1) is 0 Å². The molecular weight excluding hydrogens is 281 g/mol. The van der Waals surface area contributed by atoms with Crippen LogP contribution >= 0.6 is 0 Å². The average molecular weight is 297 g/mol. The van der Waals surface area contributed by atoms with E-state index in [2.05, 4.69) is 11.7 Å². The van der Waals surface area contributed by atoms with Crippen LogP contribution in [0.1, 0.15) is 31.4 Å². The molecule has 1 aliphatic heterocycles.